The molecule has 0 aliphatic carbocycles. The molecule has 1 atom stereocenters. The van der Waals surface area contributed by atoms with Crippen molar-refractivity contribution in [3.8, 4) is 0 Å². The quantitative estimate of drug-likeness (QED) is 0.189. The number of alkyl carbamates (subject to hydrolysis) is 1. The summed E-state index contributed by atoms with van der Waals surface area (Å²) in [4.78, 5) is 13.3. The van der Waals surface area contributed by atoms with Crippen molar-refractivity contribution in [3.63, 3.8) is 0 Å². The summed E-state index contributed by atoms with van der Waals surface area (Å²) >= 11 is -0.00342. The van der Waals surface area contributed by atoms with Gasteiger partial charge in [-0.05, 0) is 39.4 Å². The first kappa shape index (κ1) is 23.8. The third kappa shape index (κ3) is 11.3. The van der Waals surface area contributed by atoms with Crippen molar-refractivity contribution >= 4 is 29.3 Å². The molecule has 11 heteroatoms. The smallest absolute Gasteiger partial charge is 0.505 e. The monoisotopic (exact) mass is 562 g/mol. The van der Waals surface area contributed by atoms with Crippen LogP contribution in [-0.4, -0.2) is 57.6 Å². The normalized spacial score (nSPS) is 15.2. The van der Waals surface area contributed by atoms with Crippen molar-refractivity contribution in [2.24, 2.45) is 0 Å². The molecule has 0 aromatic rings. The van der Waals surface area contributed by atoms with Gasteiger partial charge in [-0.2, -0.15) is 0 Å². The van der Waals surface area contributed by atoms with Crippen molar-refractivity contribution in [1.82, 2.24) is 19.2 Å². The van der Waals surface area contributed by atoms with E-state index in [4.69, 9.17) is 8.92 Å². The summed E-state index contributed by atoms with van der Waals surface area (Å²) in [5, 5.41) is 2.56. The molecule has 1 rings (SSSR count). The predicted octanol–water partition coefficient (Wildman–Crippen LogP) is 1.18. The zero-order valence-electron chi connectivity index (χ0n) is 14.2. The molecule has 1 unspecified atom stereocenters. The third-order valence-electron chi connectivity index (χ3n) is 2.43. The first-order valence-electron chi connectivity index (χ1n) is 7.17. The molecule has 0 bridgehead atoms. The fourth-order valence-electron chi connectivity index (χ4n) is 1.49. The van der Waals surface area contributed by atoms with E-state index in [1.807, 2.05) is 34.5 Å². The van der Waals surface area contributed by atoms with Crippen LogP contribution in [0.1, 0.15) is 20.8 Å². The topological polar surface area (TPSA) is 83.1 Å². The first-order valence-corrected chi connectivity index (χ1v) is 9.43. The number of carbonyl (C=O) groups excluding carboxylic acids is 1. The molecule has 0 saturated carbocycles. The summed E-state index contributed by atoms with van der Waals surface area (Å²) in [6.07, 6.45) is 5.33. The molecule has 0 aromatic carbocycles. The average molecular weight is 562 g/mol. The minimum atomic E-state index is -1.59. The molecule has 144 valence electrons. The Kier molecular flexibility index (Phi) is 12.1. The summed E-state index contributed by atoms with van der Waals surface area (Å²) in [5.41, 5.74) is -0.531. The Bertz CT molecular complexity index is 435. The van der Waals surface area contributed by atoms with E-state index in [0.29, 0.717) is 26.2 Å². The number of hydrogen-bond acceptors (Lipinski definition) is 7. The molecular formula is C13H25AuN4O4S2. The van der Waals surface area contributed by atoms with Gasteiger partial charge in [-0.3, -0.25) is 4.18 Å². The number of ether oxygens (including phenoxy) is 1. The van der Waals surface area contributed by atoms with Crippen molar-refractivity contribution in [1.29, 1.82) is 0 Å². The van der Waals surface area contributed by atoms with E-state index in [1.54, 1.807) is 32.7 Å². The van der Waals surface area contributed by atoms with Gasteiger partial charge in [0.1, 0.15) is 5.60 Å². The molecule has 2 N–H and O–H groups in total. The summed E-state index contributed by atoms with van der Waals surface area (Å²) in [6.45, 7) is 8.85. The molecule has 1 amide bonds. The van der Waals surface area contributed by atoms with Crippen LogP contribution in [0.4, 0.5) is 4.79 Å². The number of carbonyl (C=O) groups is 1. The summed E-state index contributed by atoms with van der Waals surface area (Å²) in [6, 6.07) is 0. The maximum Gasteiger partial charge on any atom is 1.00 e. The number of rotatable bonds is 9. The van der Waals surface area contributed by atoms with Crippen LogP contribution in [0.2, 0.25) is 0 Å². The van der Waals surface area contributed by atoms with Gasteiger partial charge in [-0.1, -0.05) is 11.9 Å². The van der Waals surface area contributed by atoms with Gasteiger partial charge >= 0.3 is 28.5 Å². The molecule has 1 aliphatic rings. The fourth-order valence-corrected chi connectivity index (χ4v) is 2.46. The molecule has 0 saturated heterocycles. The van der Waals surface area contributed by atoms with Gasteiger partial charge in [0, 0.05) is 19.6 Å². The average Bonchev–Trinajstić information content (AvgIpc) is 2.90. The van der Waals surface area contributed by atoms with Crippen LogP contribution < -0.4 is 10.0 Å². The summed E-state index contributed by atoms with van der Waals surface area (Å²) in [5.74, 6) is 0. The Morgan fingerprint density at radius 3 is 2.62 bits per heavy atom. The van der Waals surface area contributed by atoms with Crippen molar-refractivity contribution in [2.45, 2.75) is 26.4 Å². The number of hydrogen-bond donors (Lipinski definition) is 2. The minimum absolute atomic E-state index is 0. The first-order chi connectivity index (χ1) is 10.8. The molecule has 0 radical (unpaired) electrons. The predicted molar refractivity (Wildman–Crippen MR) is 91.8 cm³/mol. The standard InChI is InChI=1S/C13H25N4O4S2.Au/c1-13(2,3)21-12(18)14-5-6-15-23(19)20-10-9-16-7-8-17(11-16)22-4;/h7-8,11,15H,5-6,9-10H2,1-4H3,(H,14,18);/q-1;+1. The molecule has 0 aromatic heterocycles. The van der Waals surface area contributed by atoms with Gasteiger partial charge < -0.3 is 19.3 Å². The van der Waals surface area contributed by atoms with Gasteiger partial charge in [0.2, 0.25) is 11.3 Å². The zero-order chi connectivity index (χ0) is 17.3. The largest absolute Gasteiger partial charge is 1.00 e. The van der Waals surface area contributed by atoms with Gasteiger partial charge in [-0.15, -0.1) is 6.67 Å². The molecular weight excluding hydrogens is 537 g/mol. The molecule has 8 nitrogen and oxygen atoms in total. The van der Waals surface area contributed by atoms with Crippen LogP contribution >= 0.6 is 11.9 Å². The Morgan fingerprint density at radius 1 is 1.33 bits per heavy atom. The zero-order valence-corrected chi connectivity index (χ0v) is 18.0. The van der Waals surface area contributed by atoms with Crippen LogP contribution in [0.5, 0.6) is 0 Å². The molecule has 1 aliphatic heterocycles. The van der Waals surface area contributed by atoms with E-state index in [9.17, 15) is 9.00 Å². The second-order valence-corrected chi connectivity index (χ2v) is 7.35. The van der Waals surface area contributed by atoms with E-state index in [2.05, 4.69) is 10.0 Å². The van der Waals surface area contributed by atoms with Crippen LogP contribution in [-0.2, 0) is 42.6 Å². The Hall–Kier alpha value is -0.230. The van der Waals surface area contributed by atoms with Crippen LogP contribution in [0.15, 0.2) is 12.4 Å². The van der Waals surface area contributed by atoms with Gasteiger partial charge in [-0.25, -0.2) is 13.7 Å². The minimum Gasteiger partial charge on any atom is -0.505 e. The van der Waals surface area contributed by atoms with Crippen LogP contribution in [0.25, 0.3) is 0 Å². The summed E-state index contributed by atoms with van der Waals surface area (Å²) in [7, 11) is 0. The van der Waals surface area contributed by atoms with Crippen LogP contribution in [0, 0.1) is 6.67 Å². The van der Waals surface area contributed by atoms with Crippen molar-refractivity contribution in [2.75, 3.05) is 32.5 Å². The van der Waals surface area contributed by atoms with Crippen molar-refractivity contribution in [3.05, 3.63) is 19.1 Å². The van der Waals surface area contributed by atoms with Crippen molar-refractivity contribution < 1.29 is 40.3 Å². The van der Waals surface area contributed by atoms with E-state index in [1.165, 1.54) is 0 Å². The number of amides is 1. The third-order valence-corrected chi connectivity index (χ3v) is 3.89. The maximum atomic E-state index is 11.6. The fraction of sp³-hybridized carbons (Fsp3) is 0.692. The van der Waals surface area contributed by atoms with Gasteiger partial charge in [0.25, 0.3) is 0 Å². The second-order valence-electron chi connectivity index (χ2n) is 5.57. The molecule has 0 fully saturated rings. The van der Waals surface area contributed by atoms with E-state index in [-0.39, 0.29) is 22.4 Å². The Balaban J connectivity index is 0.00000529. The summed E-state index contributed by atoms with van der Waals surface area (Å²) < 4.78 is 26.4. The molecule has 24 heavy (non-hydrogen) atoms. The Morgan fingerprint density at radius 2 is 2.04 bits per heavy atom. The maximum absolute atomic E-state index is 11.6. The van der Waals surface area contributed by atoms with E-state index in [0.717, 1.165) is 0 Å². The molecule has 0 spiro atoms. The van der Waals surface area contributed by atoms with E-state index < -0.39 is 23.0 Å². The SMILES string of the molecule is CSN1C=CN(CCOS(=O)NCCNC(=O)OC(C)(C)C)[CH-]1.[Au+]. The number of nitrogens with zero attached hydrogens (tertiary/aromatic N) is 2. The second kappa shape index (κ2) is 12.2. The Labute approximate surface area is 166 Å². The van der Waals surface area contributed by atoms with Gasteiger partial charge in [0.15, 0.2) is 0 Å². The number of nitrogens with one attached hydrogen (secondary N) is 2. The van der Waals surface area contributed by atoms with Crippen LogP contribution in [0.3, 0.4) is 0 Å². The van der Waals surface area contributed by atoms with E-state index >= 15 is 0 Å². The molecule has 1 heterocycles. The van der Waals surface area contributed by atoms with Gasteiger partial charge in [0.05, 0.1) is 6.61 Å².